The van der Waals surface area contributed by atoms with Gasteiger partial charge in [0.25, 0.3) is 0 Å². The molecule has 2 aromatic rings. The second kappa shape index (κ2) is 4.68. The first-order valence-electron chi connectivity index (χ1n) is 5.78. The molecule has 0 aliphatic rings. The third-order valence-electron chi connectivity index (χ3n) is 2.84. The molecular formula is C13H15NO4. The highest BCUT2D eigenvalue weighted by Gasteiger charge is 2.14. The molecule has 5 nitrogen and oxygen atoms in total. The summed E-state index contributed by atoms with van der Waals surface area (Å²) in [5, 5.41) is 8.88. The Kier molecular flexibility index (Phi) is 3.23. The molecule has 0 fully saturated rings. The van der Waals surface area contributed by atoms with Gasteiger partial charge in [-0.25, -0.2) is 4.79 Å². The number of aromatic carboxylic acids is 1. The average molecular weight is 249 g/mol. The van der Waals surface area contributed by atoms with Gasteiger partial charge in [0, 0.05) is 0 Å². The fourth-order valence-corrected chi connectivity index (χ4v) is 1.38. The van der Waals surface area contributed by atoms with Crippen LogP contribution in [0.3, 0.4) is 0 Å². The van der Waals surface area contributed by atoms with Crippen LogP contribution in [0, 0.1) is 5.92 Å². The fourth-order valence-electron chi connectivity index (χ4n) is 1.38. The topological polar surface area (TPSA) is 72.6 Å². The van der Waals surface area contributed by atoms with Crippen LogP contribution in [-0.4, -0.2) is 22.2 Å². The maximum Gasteiger partial charge on any atom is 0.394 e. The van der Waals surface area contributed by atoms with Crippen molar-refractivity contribution in [3.63, 3.8) is 0 Å². The lowest BCUT2D eigenvalue weighted by atomic mass is 10.1. The molecule has 1 aromatic carbocycles. The number of nitrogens with zero attached hydrogens (tertiary/aromatic N) is 1. The molecule has 1 heterocycles. The maximum absolute atomic E-state index is 10.8. The fraction of sp³-hybridized carbons (Fsp3) is 0.385. The van der Waals surface area contributed by atoms with E-state index >= 15 is 0 Å². The summed E-state index contributed by atoms with van der Waals surface area (Å²) in [6.45, 7) is 6.01. The molecule has 0 aliphatic heterocycles. The highest BCUT2D eigenvalue weighted by Crippen LogP contribution is 2.23. The normalized spacial score (nSPS) is 12.9. The van der Waals surface area contributed by atoms with Gasteiger partial charge in [0.15, 0.2) is 5.58 Å². The Morgan fingerprint density at radius 3 is 2.72 bits per heavy atom. The lowest BCUT2D eigenvalue weighted by Crippen LogP contribution is -2.18. The van der Waals surface area contributed by atoms with E-state index in [0.717, 1.165) is 0 Å². The number of aromatic nitrogens is 1. The number of hydrogen-bond acceptors (Lipinski definition) is 4. The van der Waals surface area contributed by atoms with Gasteiger partial charge in [-0.3, -0.25) is 0 Å². The van der Waals surface area contributed by atoms with Crippen molar-refractivity contribution in [2.24, 2.45) is 5.92 Å². The zero-order valence-corrected chi connectivity index (χ0v) is 10.5. The number of oxazole rings is 1. The molecule has 0 saturated carbocycles. The Morgan fingerprint density at radius 1 is 1.39 bits per heavy atom. The summed E-state index contributed by atoms with van der Waals surface area (Å²) in [6.07, 6.45) is 0.158. The number of hydrogen-bond donors (Lipinski definition) is 1. The van der Waals surface area contributed by atoms with Gasteiger partial charge in [-0.05, 0) is 31.0 Å². The second-order valence-electron chi connectivity index (χ2n) is 4.53. The number of carbonyl (C=O) groups is 1. The van der Waals surface area contributed by atoms with Crippen LogP contribution in [-0.2, 0) is 0 Å². The van der Waals surface area contributed by atoms with Crippen LogP contribution in [0.4, 0.5) is 0 Å². The third kappa shape index (κ3) is 2.45. The minimum absolute atomic E-state index is 0.0167. The van der Waals surface area contributed by atoms with E-state index in [9.17, 15) is 4.79 Å². The molecule has 0 spiro atoms. The molecule has 96 valence electrons. The zero-order valence-electron chi connectivity index (χ0n) is 10.5. The lowest BCUT2D eigenvalue weighted by Gasteiger charge is -2.14. The second-order valence-corrected chi connectivity index (χ2v) is 4.53. The Bertz CT molecular complexity index is 573. The van der Waals surface area contributed by atoms with Gasteiger partial charge in [-0.2, -0.15) is 4.98 Å². The van der Waals surface area contributed by atoms with E-state index in [-0.39, 0.29) is 17.7 Å². The van der Waals surface area contributed by atoms with Crippen molar-refractivity contribution < 1.29 is 19.1 Å². The van der Waals surface area contributed by atoms with Gasteiger partial charge in [0.1, 0.15) is 11.6 Å². The summed E-state index contributed by atoms with van der Waals surface area (Å²) in [6, 6.07) is 4.54. The first-order valence-corrected chi connectivity index (χ1v) is 5.78. The summed E-state index contributed by atoms with van der Waals surface area (Å²) < 4.78 is 10.9. The molecule has 1 unspecified atom stereocenters. The molecule has 1 atom stereocenters. The molecule has 5 heteroatoms. The van der Waals surface area contributed by atoms with Crippen LogP contribution in [0.2, 0.25) is 0 Å². The number of fused-ring (bicyclic) bond motifs is 1. The van der Waals surface area contributed by atoms with E-state index < -0.39 is 5.97 Å². The molecule has 18 heavy (non-hydrogen) atoms. The molecule has 1 aromatic heterocycles. The van der Waals surface area contributed by atoms with Gasteiger partial charge in [0.05, 0.1) is 5.56 Å². The van der Waals surface area contributed by atoms with Crippen molar-refractivity contribution in [1.82, 2.24) is 4.98 Å². The smallest absolute Gasteiger partial charge is 0.394 e. The molecule has 0 aliphatic carbocycles. The maximum atomic E-state index is 10.8. The predicted octanol–water partition coefficient (Wildman–Crippen LogP) is 2.95. The monoisotopic (exact) mass is 249 g/mol. The van der Waals surface area contributed by atoms with Crippen molar-refractivity contribution in [3.05, 3.63) is 23.8 Å². The molecule has 2 rings (SSSR count). The van der Waals surface area contributed by atoms with Gasteiger partial charge in [0.2, 0.25) is 0 Å². The number of benzene rings is 1. The minimum atomic E-state index is -0.994. The number of carboxylic acid groups (broad SMARTS) is 1. The van der Waals surface area contributed by atoms with E-state index in [1.54, 1.807) is 6.07 Å². The van der Waals surface area contributed by atoms with Crippen molar-refractivity contribution in [3.8, 4) is 6.08 Å². The number of carboxylic acids is 1. The summed E-state index contributed by atoms with van der Waals surface area (Å²) in [5.41, 5.74) is 1.17. The summed E-state index contributed by atoms with van der Waals surface area (Å²) >= 11 is 0. The highest BCUT2D eigenvalue weighted by molar-refractivity contribution is 5.91. The van der Waals surface area contributed by atoms with Gasteiger partial charge < -0.3 is 14.3 Å². The SMILES string of the molecule is CC(C)C(C)Oc1nc2ccc(C(=O)O)cc2o1. The van der Waals surface area contributed by atoms with Crippen LogP contribution in [0.15, 0.2) is 22.6 Å². The lowest BCUT2D eigenvalue weighted by molar-refractivity contribution is 0.0696. The molecule has 1 N–H and O–H groups in total. The van der Waals surface area contributed by atoms with E-state index in [4.69, 9.17) is 14.3 Å². The number of ether oxygens (including phenoxy) is 1. The van der Waals surface area contributed by atoms with Crippen LogP contribution >= 0.6 is 0 Å². The van der Waals surface area contributed by atoms with Gasteiger partial charge in [-0.15, -0.1) is 0 Å². The van der Waals surface area contributed by atoms with E-state index in [0.29, 0.717) is 17.0 Å². The Labute approximate surface area is 104 Å². The molecular weight excluding hydrogens is 234 g/mol. The molecule has 0 saturated heterocycles. The Morgan fingerprint density at radius 2 is 2.11 bits per heavy atom. The Balaban J connectivity index is 2.30. The predicted molar refractivity (Wildman–Crippen MR) is 65.9 cm³/mol. The van der Waals surface area contributed by atoms with E-state index in [1.165, 1.54) is 12.1 Å². The van der Waals surface area contributed by atoms with E-state index in [2.05, 4.69) is 4.98 Å². The minimum Gasteiger partial charge on any atom is -0.478 e. The standard InChI is InChI=1S/C13H15NO4/c1-7(2)8(3)17-13-14-10-5-4-9(12(15)16)6-11(10)18-13/h4-8H,1-3H3,(H,15,16). The summed E-state index contributed by atoms with van der Waals surface area (Å²) in [5.74, 6) is -0.652. The number of rotatable bonds is 4. The quantitative estimate of drug-likeness (QED) is 0.901. The average Bonchev–Trinajstić information content (AvgIpc) is 2.69. The first-order chi connectivity index (χ1) is 8.47. The van der Waals surface area contributed by atoms with Crippen molar-refractivity contribution in [1.29, 1.82) is 0 Å². The van der Waals surface area contributed by atoms with E-state index in [1.807, 2.05) is 20.8 Å². The van der Waals surface area contributed by atoms with Crippen molar-refractivity contribution >= 4 is 17.1 Å². The van der Waals surface area contributed by atoms with Crippen molar-refractivity contribution in [2.45, 2.75) is 26.9 Å². The van der Waals surface area contributed by atoms with Gasteiger partial charge in [-0.1, -0.05) is 13.8 Å². The largest absolute Gasteiger partial charge is 0.478 e. The molecule has 0 bridgehead atoms. The first kappa shape index (κ1) is 12.4. The third-order valence-corrected chi connectivity index (χ3v) is 2.84. The van der Waals surface area contributed by atoms with Gasteiger partial charge >= 0.3 is 12.0 Å². The van der Waals surface area contributed by atoms with Crippen LogP contribution in [0.1, 0.15) is 31.1 Å². The van der Waals surface area contributed by atoms with Crippen LogP contribution < -0.4 is 4.74 Å². The Hall–Kier alpha value is -2.04. The molecule has 0 amide bonds. The van der Waals surface area contributed by atoms with Crippen LogP contribution in [0.25, 0.3) is 11.1 Å². The summed E-state index contributed by atoms with van der Waals surface area (Å²) in [7, 11) is 0. The van der Waals surface area contributed by atoms with Crippen LogP contribution in [0.5, 0.6) is 6.08 Å². The highest BCUT2D eigenvalue weighted by atomic mass is 16.6. The zero-order chi connectivity index (χ0) is 13.3. The van der Waals surface area contributed by atoms with Crippen molar-refractivity contribution in [2.75, 3.05) is 0 Å². The summed E-state index contributed by atoms with van der Waals surface area (Å²) in [4.78, 5) is 15.0. The molecule has 0 radical (unpaired) electrons.